The van der Waals surface area contributed by atoms with Gasteiger partial charge in [0.25, 0.3) is 5.91 Å². The number of rotatable bonds is 9. The Morgan fingerprint density at radius 3 is 2.33 bits per heavy atom. The van der Waals surface area contributed by atoms with Gasteiger partial charge in [0, 0.05) is 23.4 Å². The molecule has 2 saturated carbocycles. The number of carbonyl (C=O) groups is 1. The van der Waals surface area contributed by atoms with Crippen molar-refractivity contribution in [3.8, 4) is 11.1 Å². The zero-order valence-corrected chi connectivity index (χ0v) is 27.3. The number of aliphatic hydroxyl groups is 1. The Morgan fingerprint density at radius 1 is 1.00 bits per heavy atom. The first-order valence-electron chi connectivity index (χ1n) is 15.4. The van der Waals surface area contributed by atoms with Crippen molar-refractivity contribution in [3.63, 3.8) is 0 Å². The number of oxime groups is 1. The van der Waals surface area contributed by atoms with Gasteiger partial charge in [0.15, 0.2) is 27.3 Å². The number of hydrogen-bond acceptors (Lipinski definition) is 6. The summed E-state index contributed by atoms with van der Waals surface area (Å²) in [4.78, 5) is 18.2. The van der Waals surface area contributed by atoms with Gasteiger partial charge in [-0.1, -0.05) is 78.3 Å². The van der Waals surface area contributed by atoms with Crippen LogP contribution in [0.4, 0.5) is 18.9 Å². The second-order valence-electron chi connectivity index (χ2n) is 12.6. The van der Waals surface area contributed by atoms with Crippen LogP contribution in [0, 0.1) is 35.2 Å². The zero-order valence-electron chi connectivity index (χ0n) is 25.7. The molecule has 5 atom stereocenters. The standard InChI is InChI=1S/C36H32ClF3N2O5S/c1-21-13-26-17-36(44,20-41-47-19-22-7-9-24(10-8-22)23-5-3-2-4-6-23)18-28(21)34(26)48(45,46)32-14-25(11-12-29(32)37)35(43)42-27-15-30(38)33(40)31(39)16-27/h2-12,14-16,20-21,26,28,34,44H,13,17-19H2,1H3,(H,42,43)/b41-20+/t21-,26-,28?,34?,36+/m0/s1. The Morgan fingerprint density at radius 2 is 1.67 bits per heavy atom. The molecule has 48 heavy (non-hydrogen) atoms. The summed E-state index contributed by atoms with van der Waals surface area (Å²) in [6.07, 6.45) is 2.17. The van der Waals surface area contributed by atoms with E-state index in [-0.39, 0.29) is 46.5 Å². The highest BCUT2D eigenvalue weighted by Crippen LogP contribution is 2.53. The normalized spacial score (nSPS) is 23.7. The molecule has 4 aromatic carbocycles. The van der Waals surface area contributed by atoms with Gasteiger partial charge in [-0.25, -0.2) is 21.6 Å². The van der Waals surface area contributed by atoms with Crippen LogP contribution in [0.1, 0.15) is 42.1 Å². The van der Waals surface area contributed by atoms with Crippen LogP contribution in [0.25, 0.3) is 11.1 Å². The lowest BCUT2D eigenvalue weighted by molar-refractivity contribution is 0.0382. The lowest BCUT2D eigenvalue weighted by atomic mass is 9.77. The van der Waals surface area contributed by atoms with Crippen molar-refractivity contribution < 1.29 is 36.3 Å². The molecule has 4 aromatic rings. The Hall–Kier alpha value is -4.19. The van der Waals surface area contributed by atoms with Gasteiger partial charge in [0.1, 0.15) is 12.2 Å². The smallest absolute Gasteiger partial charge is 0.255 e. The third-order valence-electron chi connectivity index (χ3n) is 9.26. The maximum atomic E-state index is 14.1. The third kappa shape index (κ3) is 6.85. The predicted octanol–water partition coefficient (Wildman–Crippen LogP) is 7.82. The molecule has 2 fully saturated rings. The van der Waals surface area contributed by atoms with E-state index in [0.717, 1.165) is 22.8 Å². The molecule has 6 rings (SSSR count). The fourth-order valence-corrected chi connectivity index (χ4v) is 9.93. The molecule has 0 spiro atoms. The Kier molecular flexibility index (Phi) is 9.39. The van der Waals surface area contributed by atoms with Crippen molar-refractivity contribution in [2.45, 2.75) is 48.5 Å². The highest BCUT2D eigenvalue weighted by atomic mass is 35.5. The molecule has 7 nitrogen and oxygen atoms in total. The molecule has 0 heterocycles. The summed E-state index contributed by atoms with van der Waals surface area (Å²) in [5.41, 5.74) is 1.21. The molecule has 2 aliphatic carbocycles. The van der Waals surface area contributed by atoms with E-state index in [1.165, 1.54) is 18.3 Å². The van der Waals surface area contributed by atoms with Gasteiger partial charge in [0.2, 0.25) is 0 Å². The van der Waals surface area contributed by atoms with E-state index >= 15 is 0 Å². The minimum absolute atomic E-state index is 0.0326. The fourth-order valence-electron chi connectivity index (χ4n) is 7.02. The average molecular weight is 697 g/mol. The maximum Gasteiger partial charge on any atom is 0.255 e. The molecule has 0 radical (unpaired) electrons. The van der Waals surface area contributed by atoms with Crippen LogP contribution in [0.5, 0.6) is 0 Å². The number of anilines is 1. The number of sulfone groups is 1. The first-order valence-corrected chi connectivity index (χ1v) is 17.3. The molecule has 2 aliphatic rings. The van der Waals surface area contributed by atoms with Crippen LogP contribution in [-0.2, 0) is 21.3 Å². The Bertz CT molecular complexity index is 1950. The second-order valence-corrected chi connectivity index (χ2v) is 15.1. The van der Waals surface area contributed by atoms with Crippen molar-refractivity contribution in [2.24, 2.45) is 22.9 Å². The molecule has 12 heteroatoms. The van der Waals surface area contributed by atoms with Crippen LogP contribution in [0.2, 0.25) is 5.02 Å². The van der Waals surface area contributed by atoms with Crippen molar-refractivity contribution in [1.29, 1.82) is 0 Å². The van der Waals surface area contributed by atoms with Gasteiger partial charge < -0.3 is 15.3 Å². The molecule has 250 valence electrons. The van der Waals surface area contributed by atoms with Gasteiger partial charge in [-0.2, -0.15) is 0 Å². The summed E-state index contributed by atoms with van der Waals surface area (Å²) < 4.78 is 68.9. The molecule has 2 N–H and O–H groups in total. The third-order valence-corrected chi connectivity index (χ3v) is 12.1. The summed E-state index contributed by atoms with van der Waals surface area (Å²) in [6, 6.07) is 22.7. The minimum Gasteiger partial charge on any atom is -0.391 e. The van der Waals surface area contributed by atoms with Crippen LogP contribution < -0.4 is 5.32 Å². The van der Waals surface area contributed by atoms with Gasteiger partial charge in [-0.3, -0.25) is 4.79 Å². The number of nitrogens with zero attached hydrogens (tertiary/aromatic N) is 1. The van der Waals surface area contributed by atoms with Gasteiger partial charge in [-0.05, 0) is 71.9 Å². The average Bonchev–Trinajstić information content (AvgIpc) is 3.29. The molecule has 2 bridgehead atoms. The van der Waals surface area contributed by atoms with Crippen molar-refractivity contribution >= 4 is 39.2 Å². The van der Waals surface area contributed by atoms with Crippen LogP contribution in [-0.4, -0.2) is 36.5 Å². The van der Waals surface area contributed by atoms with Gasteiger partial charge >= 0.3 is 0 Å². The van der Waals surface area contributed by atoms with E-state index in [0.29, 0.717) is 18.6 Å². The van der Waals surface area contributed by atoms with Crippen LogP contribution >= 0.6 is 11.6 Å². The van der Waals surface area contributed by atoms with Gasteiger partial charge in [-0.15, -0.1) is 0 Å². The van der Waals surface area contributed by atoms with Crippen molar-refractivity contribution in [3.05, 3.63) is 119 Å². The van der Waals surface area contributed by atoms with E-state index < -0.39 is 55.9 Å². The number of carbonyl (C=O) groups excluding carboxylic acids is 1. The highest BCUT2D eigenvalue weighted by Gasteiger charge is 2.56. The molecule has 2 unspecified atom stereocenters. The lowest BCUT2D eigenvalue weighted by Crippen LogP contribution is -2.47. The molecule has 1 amide bonds. The molecule has 0 aromatic heterocycles. The summed E-state index contributed by atoms with van der Waals surface area (Å²) in [7, 11) is -4.11. The van der Waals surface area contributed by atoms with Crippen molar-refractivity contribution in [2.75, 3.05) is 5.32 Å². The highest BCUT2D eigenvalue weighted by molar-refractivity contribution is 7.92. The van der Waals surface area contributed by atoms with E-state index in [1.54, 1.807) is 0 Å². The first-order chi connectivity index (χ1) is 22.8. The molecule has 0 aliphatic heterocycles. The quantitative estimate of drug-likeness (QED) is 0.106. The SMILES string of the molecule is C[C@H]1C[C@H]2C[C@](O)(/C=N/OCc3ccc(-c4ccccc4)cc3)CC1C2S(=O)(=O)c1cc(C(=O)Nc2cc(F)c(F)c(F)c2)ccc1Cl. The van der Waals surface area contributed by atoms with Gasteiger partial charge in [0.05, 0.1) is 21.4 Å². The predicted molar refractivity (Wildman–Crippen MR) is 177 cm³/mol. The summed E-state index contributed by atoms with van der Waals surface area (Å²) in [6.45, 7) is 2.13. The van der Waals surface area contributed by atoms with E-state index in [1.807, 2.05) is 61.5 Å². The zero-order chi connectivity index (χ0) is 34.2. The number of halogens is 4. The number of nitrogens with one attached hydrogen (secondary N) is 1. The topological polar surface area (TPSA) is 105 Å². The van der Waals surface area contributed by atoms with Crippen LogP contribution in [0.15, 0.2) is 95.0 Å². The van der Waals surface area contributed by atoms with E-state index in [2.05, 4.69) is 10.5 Å². The molecular weight excluding hydrogens is 665 g/mol. The summed E-state index contributed by atoms with van der Waals surface area (Å²) >= 11 is 6.37. The largest absolute Gasteiger partial charge is 0.391 e. The number of hydrogen-bond donors (Lipinski definition) is 2. The first kappa shape index (κ1) is 33.7. The Labute approximate surface area is 281 Å². The van der Waals surface area contributed by atoms with E-state index in [9.17, 15) is 31.5 Å². The van der Waals surface area contributed by atoms with Crippen LogP contribution in [0.3, 0.4) is 0 Å². The number of amides is 1. The van der Waals surface area contributed by atoms with E-state index in [4.69, 9.17) is 16.4 Å². The number of benzene rings is 4. The van der Waals surface area contributed by atoms with Crippen molar-refractivity contribution in [1.82, 2.24) is 0 Å². The molecular formula is C36H32ClF3N2O5S. The summed E-state index contributed by atoms with van der Waals surface area (Å²) in [5, 5.41) is 16.8. The summed E-state index contributed by atoms with van der Waals surface area (Å²) in [5.74, 6) is -6.42. The lowest BCUT2D eigenvalue weighted by Gasteiger charge is -2.39. The molecule has 0 saturated heterocycles. The second kappa shape index (κ2) is 13.4. The number of fused-ring (bicyclic) bond motifs is 2. The maximum absolute atomic E-state index is 14.1. The minimum atomic E-state index is -4.11. The monoisotopic (exact) mass is 696 g/mol. The fraction of sp³-hybridized carbons (Fsp3) is 0.278. The Balaban J connectivity index is 1.13.